The van der Waals surface area contributed by atoms with E-state index in [1.807, 2.05) is 13.1 Å². The Balaban J connectivity index is 1.87. The minimum absolute atomic E-state index is 0.923. The van der Waals surface area contributed by atoms with E-state index in [-0.39, 0.29) is 0 Å². The zero-order valence-electron chi connectivity index (χ0n) is 10.6. The number of rotatable bonds is 2. The van der Waals surface area contributed by atoms with Gasteiger partial charge in [0.1, 0.15) is 11.6 Å². The second-order valence-electron chi connectivity index (χ2n) is 4.57. The zero-order valence-corrected chi connectivity index (χ0v) is 10.6. The summed E-state index contributed by atoms with van der Waals surface area (Å²) >= 11 is 0. The summed E-state index contributed by atoms with van der Waals surface area (Å²) in [4.78, 5) is 6.94. The largest absolute Gasteiger partial charge is 0.373 e. The lowest BCUT2D eigenvalue weighted by molar-refractivity contribution is 0.721. The Morgan fingerprint density at radius 1 is 1.06 bits per heavy atom. The van der Waals surface area contributed by atoms with Crippen molar-refractivity contribution in [3.05, 3.63) is 53.6 Å². The highest BCUT2D eigenvalue weighted by Crippen LogP contribution is 2.23. The number of pyridine rings is 1. The molecule has 0 saturated carbocycles. The van der Waals surface area contributed by atoms with Crippen molar-refractivity contribution in [2.24, 2.45) is 0 Å². The summed E-state index contributed by atoms with van der Waals surface area (Å²) in [5, 5.41) is 3.09. The lowest BCUT2D eigenvalue weighted by Gasteiger charge is -2.29. The lowest BCUT2D eigenvalue weighted by atomic mass is 10.00. The molecule has 0 spiro atoms. The SMILES string of the molecule is CNc1cccc(N2CCc3ccccc3C2)n1. The van der Waals surface area contributed by atoms with Gasteiger partial charge < -0.3 is 10.2 Å². The molecule has 0 aliphatic carbocycles. The van der Waals surface area contributed by atoms with Crippen LogP contribution >= 0.6 is 0 Å². The summed E-state index contributed by atoms with van der Waals surface area (Å²) in [5.41, 5.74) is 2.89. The first-order valence-electron chi connectivity index (χ1n) is 6.33. The first kappa shape index (κ1) is 11.1. The molecule has 3 heteroatoms. The van der Waals surface area contributed by atoms with Crippen LogP contribution in [0.1, 0.15) is 11.1 Å². The maximum Gasteiger partial charge on any atom is 0.131 e. The highest BCUT2D eigenvalue weighted by Gasteiger charge is 2.16. The average Bonchev–Trinajstić information content (AvgIpc) is 2.47. The van der Waals surface area contributed by atoms with E-state index >= 15 is 0 Å². The van der Waals surface area contributed by atoms with Crippen molar-refractivity contribution in [3.63, 3.8) is 0 Å². The Morgan fingerprint density at radius 3 is 2.72 bits per heavy atom. The molecule has 0 radical (unpaired) electrons. The van der Waals surface area contributed by atoms with Crippen LogP contribution in [0.2, 0.25) is 0 Å². The van der Waals surface area contributed by atoms with Gasteiger partial charge in [-0.3, -0.25) is 0 Å². The molecule has 1 aromatic carbocycles. The van der Waals surface area contributed by atoms with Gasteiger partial charge in [0.05, 0.1) is 0 Å². The average molecular weight is 239 g/mol. The van der Waals surface area contributed by atoms with E-state index in [0.29, 0.717) is 0 Å². The Bertz CT molecular complexity index is 551. The van der Waals surface area contributed by atoms with Crippen LogP contribution in [-0.4, -0.2) is 18.6 Å². The molecular weight excluding hydrogens is 222 g/mol. The van der Waals surface area contributed by atoms with Crippen LogP contribution in [0.4, 0.5) is 11.6 Å². The van der Waals surface area contributed by atoms with E-state index in [1.165, 1.54) is 11.1 Å². The van der Waals surface area contributed by atoms with Crippen molar-refractivity contribution in [2.45, 2.75) is 13.0 Å². The second kappa shape index (κ2) is 4.69. The van der Waals surface area contributed by atoms with Gasteiger partial charge in [-0.2, -0.15) is 0 Å². The molecule has 2 aromatic rings. The minimum Gasteiger partial charge on any atom is -0.373 e. The number of aromatic nitrogens is 1. The van der Waals surface area contributed by atoms with Crippen molar-refractivity contribution < 1.29 is 0 Å². The van der Waals surface area contributed by atoms with E-state index in [0.717, 1.165) is 31.1 Å². The predicted octanol–water partition coefficient (Wildman–Crippen LogP) is 2.69. The van der Waals surface area contributed by atoms with Gasteiger partial charge in [0.2, 0.25) is 0 Å². The van der Waals surface area contributed by atoms with Gasteiger partial charge in [-0.15, -0.1) is 0 Å². The highest BCUT2D eigenvalue weighted by atomic mass is 15.2. The van der Waals surface area contributed by atoms with Crippen LogP contribution < -0.4 is 10.2 Å². The number of hydrogen-bond donors (Lipinski definition) is 1. The van der Waals surface area contributed by atoms with Crippen LogP contribution in [0.15, 0.2) is 42.5 Å². The number of benzene rings is 1. The summed E-state index contributed by atoms with van der Waals surface area (Å²) in [6, 6.07) is 14.8. The Kier molecular flexibility index (Phi) is 2.89. The van der Waals surface area contributed by atoms with E-state index < -0.39 is 0 Å². The van der Waals surface area contributed by atoms with Gasteiger partial charge in [-0.25, -0.2) is 4.98 Å². The van der Waals surface area contributed by atoms with E-state index in [1.54, 1.807) is 0 Å². The van der Waals surface area contributed by atoms with E-state index in [4.69, 9.17) is 0 Å². The standard InChI is InChI=1S/C15H17N3/c1-16-14-7-4-8-15(17-14)18-10-9-12-5-2-3-6-13(12)11-18/h2-8H,9-11H2,1H3,(H,16,17). The van der Waals surface area contributed by atoms with Crippen molar-refractivity contribution in [2.75, 3.05) is 23.8 Å². The van der Waals surface area contributed by atoms with Crippen LogP contribution in [0, 0.1) is 0 Å². The van der Waals surface area contributed by atoms with Crippen molar-refractivity contribution in [1.29, 1.82) is 0 Å². The summed E-state index contributed by atoms with van der Waals surface area (Å²) in [6.45, 7) is 1.99. The lowest BCUT2D eigenvalue weighted by Crippen LogP contribution is -2.30. The minimum atomic E-state index is 0.923. The number of nitrogens with zero attached hydrogens (tertiary/aromatic N) is 2. The fraction of sp³-hybridized carbons (Fsp3) is 0.267. The molecule has 0 bridgehead atoms. The Hall–Kier alpha value is -2.03. The molecule has 1 aromatic heterocycles. The molecular formula is C15H17N3. The second-order valence-corrected chi connectivity index (χ2v) is 4.57. The zero-order chi connectivity index (χ0) is 12.4. The fourth-order valence-corrected chi connectivity index (χ4v) is 2.43. The third kappa shape index (κ3) is 2.04. The fourth-order valence-electron chi connectivity index (χ4n) is 2.43. The van der Waals surface area contributed by atoms with Gasteiger partial charge in [-0.05, 0) is 29.7 Å². The topological polar surface area (TPSA) is 28.2 Å². The molecule has 0 saturated heterocycles. The van der Waals surface area contributed by atoms with Crippen molar-refractivity contribution in [3.8, 4) is 0 Å². The van der Waals surface area contributed by atoms with E-state index in [9.17, 15) is 0 Å². The molecule has 1 N–H and O–H groups in total. The number of fused-ring (bicyclic) bond motifs is 1. The molecule has 2 heterocycles. The van der Waals surface area contributed by atoms with Gasteiger partial charge in [0, 0.05) is 20.1 Å². The first-order chi connectivity index (χ1) is 8.86. The van der Waals surface area contributed by atoms with Gasteiger partial charge in [0.15, 0.2) is 0 Å². The van der Waals surface area contributed by atoms with Gasteiger partial charge in [0.25, 0.3) is 0 Å². The first-order valence-corrected chi connectivity index (χ1v) is 6.33. The number of hydrogen-bond acceptors (Lipinski definition) is 3. The van der Waals surface area contributed by atoms with Crippen LogP contribution in [-0.2, 0) is 13.0 Å². The van der Waals surface area contributed by atoms with Crippen molar-refractivity contribution in [1.82, 2.24) is 4.98 Å². The molecule has 92 valence electrons. The molecule has 0 unspecified atom stereocenters. The Labute approximate surface area is 107 Å². The summed E-state index contributed by atoms with van der Waals surface area (Å²) in [7, 11) is 1.90. The highest BCUT2D eigenvalue weighted by molar-refractivity contribution is 5.49. The molecule has 1 aliphatic heterocycles. The summed E-state index contributed by atoms with van der Waals surface area (Å²) < 4.78 is 0. The van der Waals surface area contributed by atoms with Crippen molar-refractivity contribution >= 4 is 11.6 Å². The molecule has 1 aliphatic rings. The smallest absolute Gasteiger partial charge is 0.131 e. The maximum absolute atomic E-state index is 4.60. The molecule has 3 nitrogen and oxygen atoms in total. The van der Waals surface area contributed by atoms with Gasteiger partial charge >= 0.3 is 0 Å². The molecule has 0 atom stereocenters. The third-order valence-electron chi connectivity index (χ3n) is 3.45. The monoisotopic (exact) mass is 239 g/mol. The molecule has 0 fully saturated rings. The van der Waals surface area contributed by atoms with Crippen LogP contribution in [0.3, 0.4) is 0 Å². The molecule has 0 amide bonds. The third-order valence-corrected chi connectivity index (χ3v) is 3.45. The van der Waals surface area contributed by atoms with Crippen LogP contribution in [0.5, 0.6) is 0 Å². The number of nitrogens with one attached hydrogen (secondary N) is 1. The summed E-state index contributed by atoms with van der Waals surface area (Å²) in [5.74, 6) is 1.97. The quantitative estimate of drug-likeness (QED) is 0.873. The maximum atomic E-state index is 4.60. The number of anilines is 2. The van der Waals surface area contributed by atoms with Gasteiger partial charge in [-0.1, -0.05) is 30.3 Å². The Morgan fingerprint density at radius 2 is 1.89 bits per heavy atom. The summed E-state index contributed by atoms with van der Waals surface area (Å²) in [6.07, 6.45) is 1.10. The normalized spacial score (nSPS) is 14.2. The van der Waals surface area contributed by atoms with E-state index in [2.05, 4.69) is 51.6 Å². The molecule has 18 heavy (non-hydrogen) atoms. The predicted molar refractivity (Wildman–Crippen MR) is 75.0 cm³/mol. The molecule has 3 rings (SSSR count). The van der Waals surface area contributed by atoms with Crippen LogP contribution in [0.25, 0.3) is 0 Å².